The lowest BCUT2D eigenvalue weighted by Crippen LogP contribution is -2.39. The summed E-state index contributed by atoms with van der Waals surface area (Å²) in [5, 5.41) is 0. The number of nitrogens with zero attached hydrogens (tertiary/aromatic N) is 1. The Balaban J connectivity index is 0.764. The second-order valence-electron chi connectivity index (χ2n) is 19.4. The van der Waals surface area contributed by atoms with Gasteiger partial charge in [-0.2, -0.15) is 0 Å². The third-order valence-electron chi connectivity index (χ3n) is 16.1. The van der Waals surface area contributed by atoms with Crippen LogP contribution in [0.3, 0.4) is 0 Å². The molecule has 0 bridgehead atoms. The Bertz CT molecular complexity index is 2340. The van der Waals surface area contributed by atoms with Crippen molar-refractivity contribution >= 4 is 5.57 Å². The number of rotatable bonds is 8. The van der Waals surface area contributed by atoms with E-state index >= 15 is 0 Å². The van der Waals surface area contributed by atoms with Crippen molar-refractivity contribution < 1.29 is 0 Å². The molecule has 10 unspecified atom stereocenters. The maximum Gasteiger partial charge on any atom is 0.0353 e. The van der Waals surface area contributed by atoms with Gasteiger partial charge in [-0.3, -0.25) is 4.90 Å². The highest BCUT2D eigenvalue weighted by molar-refractivity contribution is 5.81. The molecule has 2 aromatic rings. The topological polar surface area (TPSA) is 3.24 Å². The molecule has 1 heteroatoms. The molecule has 8 aliphatic carbocycles. The van der Waals surface area contributed by atoms with Gasteiger partial charge in [0.1, 0.15) is 0 Å². The molecule has 1 fully saturated rings. The second kappa shape index (κ2) is 17.0. The first-order chi connectivity index (χ1) is 29.7. The van der Waals surface area contributed by atoms with Gasteiger partial charge in [0.05, 0.1) is 0 Å². The molecule has 0 N–H and O–H groups in total. The lowest BCUT2D eigenvalue weighted by Gasteiger charge is -2.35. The van der Waals surface area contributed by atoms with Gasteiger partial charge in [-0.15, -0.1) is 0 Å². The van der Waals surface area contributed by atoms with Gasteiger partial charge < -0.3 is 0 Å². The van der Waals surface area contributed by atoms with Crippen LogP contribution < -0.4 is 0 Å². The van der Waals surface area contributed by atoms with Crippen LogP contribution in [0.4, 0.5) is 0 Å². The lowest BCUT2D eigenvalue weighted by atomic mass is 9.71. The minimum absolute atomic E-state index is 0.522. The summed E-state index contributed by atoms with van der Waals surface area (Å²) < 4.78 is 0. The largest absolute Gasteiger partial charge is 0.290 e. The molecule has 1 aliphatic heterocycles. The van der Waals surface area contributed by atoms with Crippen LogP contribution in [0, 0.1) is 41.4 Å². The van der Waals surface area contributed by atoms with E-state index in [-0.39, 0.29) is 0 Å². The smallest absolute Gasteiger partial charge is 0.0353 e. The van der Waals surface area contributed by atoms with E-state index in [0.717, 1.165) is 31.6 Å². The fraction of sp³-hybridized carbons (Fsp3) is 0.390. The highest BCUT2D eigenvalue weighted by Gasteiger charge is 2.48. The summed E-state index contributed by atoms with van der Waals surface area (Å²) in [6.07, 6.45) is 63.9. The summed E-state index contributed by atoms with van der Waals surface area (Å²) in [4.78, 5) is 2.88. The molecule has 2 aromatic carbocycles. The molecule has 9 aliphatic rings. The van der Waals surface area contributed by atoms with Crippen LogP contribution >= 0.6 is 0 Å². The van der Waals surface area contributed by atoms with Crippen molar-refractivity contribution in [3.63, 3.8) is 0 Å². The summed E-state index contributed by atoms with van der Waals surface area (Å²) >= 11 is 0. The summed E-state index contributed by atoms with van der Waals surface area (Å²) in [7, 11) is 0. The first-order valence-electron chi connectivity index (χ1n) is 23.9. The van der Waals surface area contributed by atoms with Gasteiger partial charge in [-0.25, -0.2) is 0 Å². The molecule has 0 saturated carbocycles. The Kier molecular flexibility index (Phi) is 10.8. The van der Waals surface area contributed by atoms with E-state index in [1.165, 1.54) is 102 Å². The fourth-order valence-corrected chi connectivity index (χ4v) is 12.8. The standard InChI is InChI=1S/C59H63N/c1-3-12-42(13-4-1)44-24-22-41(23-25-44)36-37-60-58-21-10-9-20-55(58)57-40-50(33-35-59(57)60)46-28-26-45(27-29-46)49-31-30-47-32-34-52(53-18-7-8-19-54(53)56(47)39-49)51-17-11-16-48(38-51)43-14-5-2-6-15-43/h1,3,5,7-11,14-16,18-22,24-28,30-31,33,35,38-39,41-42,46,50-52,55,57-59H,2,4,6,12-13,17,23,29,32,34,36-37,40H2. The minimum atomic E-state index is 0.522. The zero-order chi connectivity index (χ0) is 39.8. The highest BCUT2D eigenvalue weighted by Crippen LogP contribution is 2.49. The van der Waals surface area contributed by atoms with Crippen molar-refractivity contribution in [2.24, 2.45) is 41.4 Å². The predicted molar refractivity (Wildman–Crippen MR) is 253 cm³/mol. The van der Waals surface area contributed by atoms with E-state index in [1.54, 1.807) is 5.57 Å². The van der Waals surface area contributed by atoms with Crippen molar-refractivity contribution in [2.75, 3.05) is 6.54 Å². The zero-order valence-corrected chi connectivity index (χ0v) is 35.5. The van der Waals surface area contributed by atoms with Crippen LogP contribution in [0.5, 0.6) is 0 Å². The molecule has 304 valence electrons. The summed E-state index contributed by atoms with van der Waals surface area (Å²) in [6, 6.07) is 17.8. The van der Waals surface area contributed by atoms with E-state index in [2.05, 4.69) is 169 Å². The normalized spacial score (nSPS) is 33.9. The van der Waals surface area contributed by atoms with E-state index in [9.17, 15) is 0 Å². The van der Waals surface area contributed by atoms with Gasteiger partial charge in [0, 0.05) is 18.0 Å². The third-order valence-corrected chi connectivity index (χ3v) is 16.1. The van der Waals surface area contributed by atoms with Crippen LogP contribution in [0.2, 0.25) is 0 Å². The van der Waals surface area contributed by atoms with Gasteiger partial charge in [0.2, 0.25) is 0 Å². The van der Waals surface area contributed by atoms with Crippen LogP contribution in [0.15, 0.2) is 181 Å². The van der Waals surface area contributed by atoms with Crippen LogP contribution in [0.1, 0.15) is 93.2 Å². The first-order valence-corrected chi connectivity index (χ1v) is 23.9. The first kappa shape index (κ1) is 38.2. The molecule has 10 atom stereocenters. The van der Waals surface area contributed by atoms with Crippen molar-refractivity contribution in [3.8, 4) is 11.1 Å². The van der Waals surface area contributed by atoms with E-state index in [0.29, 0.717) is 53.5 Å². The Hall–Kier alpha value is -4.72. The minimum Gasteiger partial charge on any atom is -0.290 e. The molecule has 0 spiro atoms. The predicted octanol–water partition coefficient (Wildman–Crippen LogP) is 14.4. The number of hydrogen-bond acceptors (Lipinski definition) is 1. The summed E-state index contributed by atoms with van der Waals surface area (Å²) in [6.45, 7) is 1.19. The molecular formula is C59H63N. The quantitative estimate of drug-likeness (QED) is 0.241. The second-order valence-corrected chi connectivity index (χ2v) is 19.4. The van der Waals surface area contributed by atoms with E-state index in [1.807, 2.05) is 0 Å². The van der Waals surface area contributed by atoms with E-state index in [4.69, 9.17) is 0 Å². The third kappa shape index (κ3) is 7.51. The zero-order valence-electron chi connectivity index (χ0n) is 35.5. The molecule has 1 saturated heterocycles. The molecule has 0 amide bonds. The summed E-state index contributed by atoms with van der Waals surface area (Å²) in [5.74, 6) is 4.95. The maximum absolute atomic E-state index is 2.88. The number of likely N-dealkylation sites (tertiary alicyclic amines) is 1. The van der Waals surface area contributed by atoms with Crippen molar-refractivity contribution in [2.45, 2.75) is 95.1 Å². The maximum atomic E-state index is 2.88. The monoisotopic (exact) mass is 785 g/mol. The van der Waals surface area contributed by atoms with Gasteiger partial charge >= 0.3 is 0 Å². The fourth-order valence-electron chi connectivity index (χ4n) is 12.8. The lowest BCUT2D eigenvalue weighted by molar-refractivity contribution is 0.204. The highest BCUT2D eigenvalue weighted by atomic mass is 15.2. The van der Waals surface area contributed by atoms with Crippen LogP contribution in [-0.4, -0.2) is 23.5 Å². The van der Waals surface area contributed by atoms with Gasteiger partial charge in [-0.05, 0) is 181 Å². The molecule has 0 aromatic heterocycles. The number of allylic oxidation sites excluding steroid dienone is 21. The average Bonchev–Trinajstić information content (AvgIpc) is 3.54. The number of hydrogen-bond donors (Lipinski definition) is 0. The summed E-state index contributed by atoms with van der Waals surface area (Å²) in [5.41, 5.74) is 13.1. The molecule has 0 radical (unpaired) electrons. The number of aryl methyl sites for hydroxylation is 1. The Morgan fingerprint density at radius 3 is 2.42 bits per heavy atom. The molecule has 1 nitrogen and oxygen atoms in total. The Morgan fingerprint density at radius 2 is 1.55 bits per heavy atom. The Morgan fingerprint density at radius 1 is 0.600 bits per heavy atom. The van der Waals surface area contributed by atoms with Crippen molar-refractivity contribution in [3.05, 3.63) is 197 Å². The van der Waals surface area contributed by atoms with Crippen molar-refractivity contribution in [1.82, 2.24) is 4.90 Å². The van der Waals surface area contributed by atoms with Crippen LogP contribution in [-0.2, 0) is 6.42 Å². The van der Waals surface area contributed by atoms with Gasteiger partial charge in [0.15, 0.2) is 0 Å². The van der Waals surface area contributed by atoms with Crippen molar-refractivity contribution in [1.29, 1.82) is 0 Å². The van der Waals surface area contributed by atoms with Gasteiger partial charge in [-0.1, -0.05) is 158 Å². The molecule has 1 heterocycles. The van der Waals surface area contributed by atoms with E-state index < -0.39 is 0 Å². The molecule has 60 heavy (non-hydrogen) atoms. The van der Waals surface area contributed by atoms with Crippen LogP contribution in [0.25, 0.3) is 16.7 Å². The molecular weight excluding hydrogens is 723 g/mol. The SMILES string of the molecule is C1=CC2C3CC(C4C=CC(c5ccc6c(c5)-c5ccccc5C(C5C=C(C7=CCCC=C7)C=CC5)CC6)=CC4)C=CC3N(CCC3C=CC(C4CC=CCC4)=CC3)C2C=C1. The van der Waals surface area contributed by atoms with Gasteiger partial charge in [0.25, 0.3) is 0 Å². The molecule has 11 rings (SSSR count). The Labute approximate surface area is 360 Å². The number of benzene rings is 2. The number of fused-ring (bicyclic) bond motifs is 6. The average molecular weight is 786 g/mol.